The number of anilines is 1. The molecule has 0 aromatic carbocycles. The summed E-state index contributed by atoms with van der Waals surface area (Å²) in [6.07, 6.45) is 1.68. The highest BCUT2D eigenvalue weighted by molar-refractivity contribution is 7.09. The molecule has 2 aromatic rings. The van der Waals surface area contributed by atoms with Crippen LogP contribution < -0.4 is 5.73 Å². The Kier molecular flexibility index (Phi) is 3.85. The second-order valence-electron chi connectivity index (χ2n) is 5.72. The monoisotopic (exact) mass is 293 g/mol. The molecule has 2 N–H and O–H groups in total. The summed E-state index contributed by atoms with van der Waals surface area (Å²) in [6, 6.07) is 1.60. The van der Waals surface area contributed by atoms with Crippen molar-refractivity contribution in [3.8, 4) is 0 Å². The number of carbonyl (C=O) groups excluding carboxylic acids is 1. The lowest BCUT2D eigenvalue weighted by Gasteiger charge is -2.14. The highest BCUT2D eigenvalue weighted by atomic mass is 32.1. The van der Waals surface area contributed by atoms with Crippen molar-refractivity contribution in [3.63, 3.8) is 0 Å². The molecule has 0 amide bonds. The fraction of sp³-hybridized carbons (Fsp3) is 0.429. The van der Waals surface area contributed by atoms with Gasteiger partial charge in [-0.05, 0) is 6.07 Å². The number of nitrogens with zero attached hydrogens (tertiary/aromatic N) is 2. The first-order chi connectivity index (χ1) is 9.27. The van der Waals surface area contributed by atoms with Gasteiger partial charge < -0.3 is 15.0 Å². The van der Waals surface area contributed by atoms with Crippen LogP contribution in [-0.4, -0.2) is 15.5 Å². The van der Waals surface area contributed by atoms with E-state index >= 15 is 0 Å². The number of esters is 1. The number of aromatic nitrogens is 2. The van der Waals surface area contributed by atoms with Crippen LogP contribution in [-0.2, 0) is 23.8 Å². The number of aryl methyl sites for hydroxylation is 1. The van der Waals surface area contributed by atoms with Crippen LogP contribution in [0.5, 0.6) is 0 Å². The molecule has 20 heavy (non-hydrogen) atoms. The molecule has 0 saturated heterocycles. The van der Waals surface area contributed by atoms with E-state index in [-0.39, 0.29) is 12.0 Å². The van der Waals surface area contributed by atoms with Gasteiger partial charge in [0.1, 0.15) is 17.3 Å². The van der Waals surface area contributed by atoms with Gasteiger partial charge in [0, 0.05) is 24.0 Å². The third-order valence-corrected chi connectivity index (χ3v) is 3.70. The van der Waals surface area contributed by atoms with Gasteiger partial charge in [-0.2, -0.15) is 0 Å². The largest absolute Gasteiger partial charge is 0.454 e. The zero-order chi connectivity index (χ0) is 14.9. The molecule has 0 unspecified atom stereocenters. The predicted molar refractivity (Wildman–Crippen MR) is 79.8 cm³/mol. The fourth-order valence-electron chi connectivity index (χ4n) is 1.72. The van der Waals surface area contributed by atoms with Crippen molar-refractivity contribution in [2.24, 2.45) is 7.05 Å². The molecule has 108 valence electrons. The van der Waals surface area contributed by atoms with Crippen LogP contribution in [0.4, 0.5) is 5.69 Å². The first-order valence-corrected chi connectivity index (χ1v) is 7.19. The molecule has 5 nitrogen and oxygen atoms in total. The number of nitrogen functional groups attached to an aromatic ring is 1. The lowest BCUT2D eigenvalue weighted by Crippen LogP contribution is -2.12. The minimum atomic E-state index is -0.392. The molecule has 0 aliphatic rings. The smallest absolute Gasteiger partial charge is 0.355 e. The molecule has 0 aliphatic heterocycles. The quantitative estimate of drug-likeness (QED) is 0.883. The summed E-state index contributed by atoms with van der Waals surface area (Å²) in [5, 5.41) is 2.80. The van der Waals surface area contributed by atoms with Crippen molar-refractivity contribution in [2.75, 3.05) is 5.73 Å². The first-order valence-electron chi connectivity index (χ1n) is 6.31. The van der Waals surface area contributed by atoms with Gasteiger partial charge in [0.15, 0.2) is 0 Å². The molecule has 2 heterocycles. The van der Waals surface area contributed by atoms with Crippen LogP contribution >= 0.6 is 11.3 Å². The van der Waals surface area contributed by atoms with Gasteiger partial charge in [-0.3, -0.25) is 0 Å². The molecule has 2 aromatic heterocycles. The molecule has 0 bridgehead atoms. The topological polar surface area (TPSA) is 70.1 Å². The summed E-state index contributed by atoms with van der Waals surface area (Å²) < 4.78 is 6.92. The standard InChI is InChI=1S/C14H19N3O2S/c1-14(2,3)11-8-20-12(16-11)7-19-13(18)10-5-9(15)6-17(10)4/h5-6,8H,7,15H2,1-4H3. The average Bonchev–Trinajstić information content (AvgIpc) is 2.92. The van der Waals surface area contributed by atoms with E-state index in [9.17, 15) is 4.79 Å². The van der Waals surface area contributed by atoms with E-state index in [0.29, 0.717) is 11.4 Å². The van der Waals surface area contributed by atoms with E-state index in [1.807, 2.05) is 5.38 Å². The molecule has 6 heteroatoms. The molecule has 0 fully saturated rings. The highest BCUT2D eigenvalue weighted by Gasteiger charge is 2.18. The van der Waals surface area contributed by atoms with Crippen molar-refractivity contribution < 1.29 is 9.53 Å². The maximum Gasteiger partial charge on any atom is 0.355 e. The molecule has 0 aliphatic carbocycles. The number of thiazole rings is 1. The number of carbonyl (C=O) groups is 1. The number of hydrogen-bond acceptors (Lipinski definition) is 5. The number of rotatable bonds is 3. The lowest BCUT2D eigenvalue weighted by atomic mass is 9.93. The van der Waals surface area contributed by atoms with Crippen molar-refractivity contribution in [2.45, 2.75) is 32.8 Å². The van der Waals surface area contributed by atoms with E-state index in [1.165, 1.54) is 11.3 Å². The van der Waals surface area contributed by atoms with Crippen molar-refractivity contribution in [1.82, 2.24) is 9.55 Å². The SMILES string of the molecule is Cn1cc(N)cc1C(=O)OCc1nc(C(C)(C)C)cs1. The summed E-state index contributed by atoms with van der Waals surface area (Å²) in [5.41, 5.74) is 7.64. The van der Waals surface area contributed by atoms with Crippen LogP contribution in [0, 0.1) is 0 Å². The van der Waals surface area contributed by atoms with E-state index < -0.39 is 5.97 Å². The predicted octanol–water partition coefficient (Wildman–Crippen LogP) is 2.72. The Morgan fingerprint density at radius 1 is 1.50 bits per heavy atom. The second kappa shape index (κ2) is 5.28. The van der Waals surface area contributed by atoms with E-state index in [1.54, 1.807) is 23.9 Å². The maximum atomic E-state index is 11.9. The minimum absolute atomic E-state index is 0.00529. The van der Waals surface area contributed by atoms with Crippen molar-refractivity contribution in [3.05, 3.63) is 34.0 Å². The summed E-state index contributed by atoms with van der Waals surface area (Å²) in [6.45, 7) is 6.49. The Balaban J connectivity index is 2.00. The van der Waals surface area contributed by atoms with Gasteiger partial charge >= 0.3 is 5.97 Å². The van der Waals surface area contributed by atoms with Crippen LogP contribution in [0.3, 0.4) is 0 Å². The van der Waals surface area contributed by atoms with Gasteiger partial charge in [0.2, 0.25) is 0 Å². The van der Waals surface area contributed by atoms with Gasteiger partial charge in [-0.15, -0.1) is 11.3 Å². The normalized spacial score (nSPS) is 11.6. The zero-order valence-electron chi connectivity index (χ0n) is 12.1. The molecular weight excluding hydrogens is 274 g/mol. The van der Waals surface area contributed by atoms with Crippen LogP contribution in [0.2, 0.25) is 0 Å². The summed E-state index contributed by atoms with van der Waals surface area (Å²) in [7, 11) is 1.76. The summed E-state index contributed by atoms with van der Waals surface area (Å²) in [4.78, 5) is 16.4. The van der Waals surface area contributed by atoms with Crippen LogP contribution in [0.1, 0.15) is 42.0 Å². The Morgan fingerprint density at radius 2 is 2.20 bits per heavy atom. The Labute approximate surface area is 122 Å². The number of nitrogens with two attached hydrogens (primary N) is 1. The number of ether oxygens (including phenoxy) is 1. The van der Waals surface area contributed by atoms with E-state index in [0.717, 1.165) is 10.7 Å². The third-order valence-electron chi connectivity index (χ3n) is 2.88. The van der Waals surface area contributed by atoms with Gasteiger partial charge in [-0.25, -0.2) is 9.78 Å². The van der Waals surface area contributed by atoms with Crippen molar-refractivity contribution in [1.29, 1.82) is 0 Å². The van der Waals surface area contributed by atoms with Gasteiger partial charge in [-0.1, -0.05) is 20.8 Å². The Hall–Kier alpha value is -1.82. The van der Waals surface area contributed by atoms with Crippen LogP contribution in [0.15, 0.2) is 17.6 Å². The molecule has 0 saturated carbocycles. The lowest BCUT2D eigenvalue weighted by molar-refractivity contribution is 0.0461. The second-order valence-corrected chi connectivity index (χ2v) is 6.66. The Morgan fingerprint density at radius 3 is 2.70 bits per heavy atom. The minimum Gasteiger partial charge on any atom is -0.454 e. The van der Waals surface area contributed by atoms with Gasteiger partial charge in [0.05, 0.1) is 11.4 Å². The third kappa shape index (κ3) is 3.19. The molecule has 2 rings (SSSR count). The summed E-state index contributed by atoms with van der Waals surface area (Å²) >= 11 is 1.50. The molecular formula is C14H19N3O2S. The first kappa shape index (κ1) is 14.6. The Bertz CT molecular complexity index is 623. The van der Waals surface area contributed by atoms with E-state index in [4.69, 9.17) is 10.5 Å². The van der Waals surface area contributed by atoms with Crippen molar-refractivity contribution >= 4 is 23.0 Å². The van der Waals surface area contributed by atoms with Crippen LogP contribution in [0.25, 0.3) is 0 Å². The molecule has 0 radical (unpaired) electrons. The molecule has 0 atom stereocenters. The average molecular weight is 293 g/mol. The summed E-state index contributed by atoms with van der Waals surface area (Å²) in [5.74, 6) is -0.392. The van der Waals surface area contributed by atoms with E-state index in [2.05, 4.69) is 25.8 Å². The molecule has 0 spiro atoms. The highest BCUT2D eigenvalue weighted by Crippen LogP contribution is 2.24. The number of hydrogen-bond donors (Lipinski definition) is 1. The maximum absolute atomic E-state index is 11.9. The fourth-order valence-corrected chi connectivity index (χ4v) is 2.65. The van der Waals surface area contributed by atoms with Gasteiger partial charge in [0.25, 0.3) is 0 Å². The zero-order valence-corrected chi connectivity index (χ0v) is 13.0.